The maximum Gasteiger partial charge on any atom is 0.295 e. The molecule has 0 aromatic heterocycles. The Kier molecular flexibility index (Phi) is 5.86. The number of benzene rings is 2. The van der Waals surface area contributed by atoms with Crippen LogP contribution in [0.5, 0.6) is 5.75 Å². The van der Waals surface area contributed by atoms with Gasteiger partial charge in [-0.25, -0.2) is 0 Å². The molecule has 4 rings (SSSR count). The predicted molar refractivity (Wildman–Crippen MR) is 112 cm³/mol. The standard InChI is InChI=1S/C24H25NO5/c1-2-29-18-12-10-17(11-13-18)22(26)20-21(16-7-4-3-5-8-16)25(24(28)23(20)27)15-19-9-6-14-30-19/h3-5,7-8,10-13,19,21,26H,2,6,9,14-15H2,1H3/b22-20+. The van der Waals surface area contributed by atoms with Crippen LogP contribution in [0.1, 0.15) is 36.9 Å². The maximum absolute atomic E-state index is 13.0. The molecule has 0 saturated carbocycles. The van der Waals surface area contributed by atoms with E-state index in [1.54, 1.807) is 24.3 Å². The summed E-state index contributed by atoms with van der Waals surface area (Å²) < 4.78 is 11.1. The number of hydrogen-bond acceptors (Lipinski definition) is 5. The molecule has 1 amide bonds. The van der Waals surface area contributed by atoms with Crippen LogP contribution in [0.3, 0.4) is 0 Å². The number of aliphatic hydroxyl groups is 1. The van der Waals surface area contributed by atoms with Crippen LogP contribution in [0, 0.1) is 0 Å². The average molecular weight is 407 g/mol. The van der Waals surface area contributed by atoms with Gasteiger partial charge in [-0.15, -0.1) is 0 Å². The molecule has 0 spiro atoms. The molecule has 2 aromatic carbocycles. The van der Waals surface area contributed by atoms with E-state index in [2.05, 4.69) is 0 Å². The zero-order chi connectivity index (χ0) is 21.1. The lowest BCUT2D eigenvalue weighted by Gasteiger charge is -2.27. The number of carbonyl (C=O) groups excluding carboxylic acids is 2. The first-order chi connectivity index (χ1) is 14.6. The number of ketones is 1. The Morgan fingerprint density at radius 2 is 1.87 bits per heavy atom. The fraction of sp³-hybridized carbons (Fsp3) is 0.333. The number of carbonyl (C=O) groups is 2. The van der Waals surface area contributed by atoms with Gasteiger partial charge in [-0.3, -0.25) is 9.59 Å². The van der Waals surface area contributed by atoms with Gasteiger partial charge in [0.2, 0.25) is 0 Å². The van der Waals surface area contributed by atoms with E-state index >= 15 is 0 Å². The van der Waals surface area contributed by atoms with Crippen molar-refractivity contribution in [2.75, 3.05) is 19.8 Å². The Morgan fingerprint density at radius 3 is 2.50 bits per heavy atom. The first-order valence-electron chi connectivity index (χ1n) is 10.3. The van der Waals surface area contributed by atoms with E-state index in [9.17, 15) is 14.7 Å². The lowest BCUT2D eigenvalue weighted by molar-refractivity contribution is -0.140. The number of rotatable bonds is 6. The van der Waals surface area contributed by atoms with Gasteiger partial charge in [0.1, 0.15) is 11.5 Å². The van der Waals surface area contributed by atoms with Crippen molar-refractivity contribution >= 4 is 17.4 Å². The van der Waals surface area contributed by atoms with Crippen molar-refractivity contribution in [2.24, 2.45) is 0 Å². The molecule has 2 aromatic rings. The third-order valence-corrected chi connectivity index (χ3v) is 5.52. The number of ether oxygens (including phenoxy) is 2. The van der Waals surface area contributed by atoms with E-state index in [1.807, 2.05) is 37.3 Å². The molecular formula is C24H25NO5. The minimum absolute atomic E-state index is 0.0973. The zero-order valence-electron chi connectivity index (χ0n) is 16.9. The van der Waals surface area contributed by atoms with E-state index in [0.717, 1.165) is 18.4 Å². The van der Waals surface area contributed by atoms with Crippen molar-refractivity contribution in [2.45, 2.75) is 31.9 Å². The van der Waals surface area contributed by atoms with Crippen molar-refractivity contribution < 1.29 is 24.2 Å². The SMILES string of the molecule is CCOc1ccc(/C(O)=C2\C(=O)C(=O)N(CC3CCCO3)C2c2ccccc2)cc1. The zero-order valence-corrected chi connectivity index (χ0v) is 16.9. The summed E-state index contributed by atoms with van der Waals surface area (Å²) in [7, 11) is 0. The molecule has 30 heavy (non-hydrogen) atoms. The van der Waals surface area contributed by atoms with Gasteiger partial charge in [0.25, 0.3) is 11.7 Å². The number of likely N-dealkylation sites (tertiary alicyclic amines) is 1. The average Bonchev–Trinajstić information content (AvgIpc) is 3.37. The Morgan fingerprint density at radius 1 is 1.13 bits per heavy atom. The van der Waals surface area contributed by atoms with Gasteiger partial charge in [-0.1, -0.05) is 30.3 Å². The topological polar surface area (TPSA) is 76.1 Å². The fourth-order valence-electron chi connectivity index (χ4n) is 4.09. The second-order valence-corrected chi connectivity index (χ2v) is 7.45. The summed E-state index contributed by atoms with van der Waals surface area (Å²) in [6, 6.07) is 15.5. The van der Waals surface area contributed by atoms with E-state index < -0.39 is 17.7 Å². The third-order valence-electron chi connectivity index (χ3n) is 5.52. The molecule has 2 saturated heterocycles. The van der Waals surface area contributed by atoms with Crippen LogP contribution < -0.4 is 4.74 Å². The highest BCUT2D eigenvalue weighted by molar-refractivity contribution is 6.46. The molecule has 156 valence electrons. The summed E-state index contributed by atoms with van der Waals surface area (Å²) in [4.78, 5) is 27.4. The van der Waals surface area contributed by atoms with E-state index in [0.29, 0.717) is 31.1 Å². The van der Waals surface area contributed by atoms with Gasteiger partial charge in [0, 0.05) is 18.7 Å². The first-order valence-corrected chi connectivity index (χ1v) is 10.3. The van der Waals surface area contributed by atoms with Gasteiger partial charge in [0.15, 0.2) is 0 Å². The molecule has 6 nitrogen and oxygen atoms in total. The molecular weight excluding hydrogens is 382 g/mol. The number of nitrogens with zero attached hydrogens (tertiary/aromatic N) is 1. The number of amides is 1. The molecule has 2 unspecified atom stereocenters. The summed E-state index contributed by atoms with van der Waals surface area (Å²) in [5, 5.41) is 11.0. The van der Waals surface area contributed by atoms with Gasteiger partial charge in [0.05, 0.1) is 24.3 Å². The monoisotopic (exact) mass is 407 g/mol. The van der Waals surface area contributed by atoms with Crippen LogP contribution in [0.25, 0.3) is 5.76 Å². The van der Waals surface area contributed by atoms with Crippen molar-refractivity contribution in [3.63, 3.8) is 0 Å². The Balaban J connectivity index is 1.76. The van der Waals surface area contributed by atoms with Crippen LogP contribution in [0.15, 0.2) is 60.2 Å². The second-order valence-electron chi connectivity index (χ2n) is 7.45. The van der Waals surface area contributed by atoms with Crippen LogP contribution >= 0.6 is 0 Å². The maximum atomic E-state index is 13.0. The van der Waals surface area contributed by atoms with Gasteiger partial charge >= 0.3 is 0 Å². The van der Waals surface area contributed by atoms with E-state index in [1.165, 1.54) is 4.90 Å². The smallest absolute Gasteiger partial charge is 0.295 e. The molecule has 0 bridgehead atoms. The van der Waals surface area contributed by atoms with Gasteiger partial charge in [-0.2, -0.15) is 0 Å². The number of aliphatic hydroxyl groups excluding tert-OH is 1. The molecule has 0 aliphatic carbocycles. The summed E-state index contributed by atoms with van der Waals surface area (Å²) in [6.45, 7) is 3.41. The number of Topliss-reactive ketones (excluding diaryl/α,β-unsaturated/α-hetero) is 1. The molecule has 1 N–H and O–H groups in total. The highest BCUT2D eigenvalue weighted by Crippen LogP contribution is 2.40. The van der Waals surface area contributed by atoms with E-state index in [-0.39, 0.29) is 17.4 Å². The van der Waals surface area contributed by atoms with Crippen molar-refractivity contribution in [3.8, 4) is 5.75 Å². The largest absolute Gasteiger partial charge is 0.507 e. The van der Waals surface area contributed by atoms with Crippen molar-refractivity contribution in [3.05, 3.63) is 71.3 Å². The quantitative estimate of drug-likeness (QED) is 0.449. The normalized spacial score (nSPS) is 23.2. The molecule has 2 aliphatic heterocycles. The molecule has 2 heterocycles. The van der Waals surface area contributed by atoms with Crippen LogP contribution in [0.4, 0.5) is 0 Å². The summed E-state index contributed by atoms with van der Waals surface area (Å²) >= 11 is 0. The van der Waals surface area contributed by atoms with E-state index in [4.69, 9.17) is 9.47 Å². The highest BCUT2D eigenvalue weighted by Gasteiger charge is 2.46. The van der Waals surface area contributed by atoms with Crippen LogP contribution in [-0.4, -0.2) is 47.6 Å². The lowest BCUT2D eigenvalue weighted by atomic mass is 9.95. The van der Waals surface area contributed by atoms with Gasteiger partial charge in [-0.05, 0) is 49.6 Å². The summed E-state index contributed by atoms with van der Waals surface area (Å²) in [5.41, 5.74) is 1.35. The summed E-state index contributed by atoms with van der Waals surface area (Å²) in [6.07, 6.45) is 1.69. The minimum Gasteiger partial charge on any atom is -0.507 e. The molecule has 2 fully saturated rings. The predicted octanol–water partition coefficient (Wildman–Crippen LogP) is 3.69. The summed E-state index contributed by atoms with van der Waals surface area (Å²) in [5.74, 6) is -0.785. The van der Waals surface area contributed by atoms with Crippen LogP contribution in [0.2, 0.25) is 0 Å². The lowest BCUT2D eigenvalue weighted by Crippen LogP contribution is -2.36. The Labute approximate surface area is 175 Å². The fourth-order valence-corrected chi connectivity index (χ4v) is 4.09. The number of hydrogen-bond donors (Lipinski definition) is 1. The minimum atomic E-state index is -0.673. The van der Waals surface area contributed by atoms with Crippen molar-refractivity contribution in [1.82, 2.24) is 4.90 Å². The van der Waals surface area contributed by atoms with Gasteiger partial charge < -0.3 is 19.5 Å². The van der Waals surface area contributed by atoms with Crippen molar-refractivity contribution in [1.29, 1.82) is 0 Å². The molecule has 0 radical (unpaired) electrons. The highest BCUT2D eigenvalue weighted by atomic mass is 16.5. The molecule has 2 atom stereocenters. The first kappa shape index (κ1) is 20.2. The molecule has 6 heteroatoms. The molecule has 2 aliphatic rings. The second kappa shape index (κ2) is 8.71. The van der Waals surface area contributed by atoms with Crippen LogP contribution in [-0.2, 0) is 14.3 Å². The Bertz CT molecular complexity index is 945. The third kappa shape index (κ3) is 3.83. The Hall–Kier alpha value is -3.12.